The maximum absolute atomic E-state index is 12.1. The van der Waals surface area contributed by atoms with Gasteiger partial charge < -0.3 is 4.57 Å². The van der Waals surface area contributed by atoms with E-state index in [2.05, 4.69) is 24.1 Å². The van der Waals surface area contributed by atoms with Gasteiger partial charge in [-0.3, -0.25) is 4.79 Å². The number of ketones is 1. The van der Waals surface area contributed by atoms with Crippen LogP contribution in [0, 0.1) is 11.3 Å². The van der Waals surface area contributed by atoms with Gasteiger partial charge in [-0.15, -0.1) is 0 Å². The Morgan fingerprint density at radius 1 is 1.42 bits per heavy atom. The van der Waals surface area contributed by atoms with E-state index in [9.17, 15) is 10.1 Å². The highest BCUT2D eigenvalue weighted by molar-refractivity contribution is 8.12. The van der Waals surface area contributed by atoms with E-state index in [1.54, 1.807) is 0 Å². The van der Waals surface area contributed by atoms with Crippen LogP contribution >= 0.6 is 11.8 Å². The lowest BCUT2D eigenvalue weighted by Gasteiger charge is -2.09. The number of allylic oxidation sites excluding steroid dienone is 2. The summed E-state index contributed by atoms with van der Waals surface area (Å²) in [7, 11) is 0. The smallest absolute Gasteiger partial charge is 0.169 e. The highest BCUT2D eigenvalue weighted by Gasteiger charge is 2.13. The normalized spacial score (nSPS) is 11.5. The number of aromatic nitrogens is 1. The number of fused-ring (bicyclic) bond motifs is 1. The molecule has 0 spiro atoms. The molecule has 3 nitrogen and oxygen atoms in total. The highest BCUT2D eigenvalue weighted by atomic mass is 32.2. The van der Waals surface area contributed by atoms with Gasteiger partial charge in [-0.05, 0) is 38.0 Å². The number of hydrogen-bond donors (Lipinski definition) is 0. The molecule has 2 rings (SSSR count). The number of hydrogen-bond acceptors (Lipinski definition) is 3. The first-order chi connectivity index (χ1) is 11.5. The van der Waals surface area contributed by atoms with Crippen LogP contribution in [0.15, 0.2) is 42.0 Å². The number of Topliss-reactive ketones (excluding diaryl/α,β-unsaturated/α-hetero) is 1. The van der Waals surface area contributed by atoms with Crippen molar-refractivity contribution in [3.63, 3.8) is 0 Å². The van der Waals surface area contributed by atoms with E-state index in [1.807, 2.05) is 44.3 Å². The van der Waals surface area contributed by atoms with E-state index < -0.39 is 0 Å². The number of rotatable bonds is 7. The Hall–Kier alpha value is -2.25. The van der Waals surface area contributed by atoms with Gasteiger partial charge in [0.05, 0.1) is 10.5 Å². The summed E-state index contributed by atoms with van der Waals surface area (Å²) in [5, 5.41) is 10.3. The van der Waals surface area contributed by atoms with E-state index >= 15 is 0 Å². The Morgan fingerprint density at radius 3 is 2.75 bits per heavy atom. The molecule has 2 aromatic rings. The Balaban J connectivity index is 2.34. The van der Waals surface area contributed by atoms with Gasteiger partial charge in [0.1, 0.15) is 6.07 Å². The molecule has 0 bridgehead atoms. The number of nitrogens with zero attached hydrogens (tertiary/aromatic N) is 2. The maximum Gasteiger partial charge on any atom is 0.169 e. The summed E-state index contributed by atoms with van der Waals surface area (Å²) < 4.78 is 2.07. The number of carbonyl (C=O) groups is 1. The Kier molecular flexibility index (Phi) is 6.05. The van der Waals surface area contributed by atoms with Crippen molar-refractivity contribution in [3.8, 4) is 6.07 Å². The van der Waals surface area contributed by atoms with Gasteiger partial charge in [0, 0.05) is 35.0 Å². The summed E-state index contributed by atoms with van der Waals surface area (Å²) in [6.45, 7) is 10.9. The predicted molar refractivity (Wildman–Crippen MR) is 103 cm³/mol. The monoisotopic (exact) mass is 338 g/mol. The molecule has 124 valence electrons. The third-order valence-electron chi connectivity index (χ3n) is 3.91. The Morgan fingerprint density at radius 2 is 2.17 bits per heavy atom. The van der Waals surface area contributed by atoms with E-state index in [0.29, 0.717) is 12.0 Å². The fourth-order valence-electron chi connectivity index (χ4n) is 2.64. The van der Waals surface area contributed by atoms with Crippen LogP contribution in [0.4, 0.5) is 0 Å². The molecule has 0 saturated carbocycles. The number of benzene rings is 1. The largest absolute Gasteiger partial charge is 0.346 e. The van der Waals surface area contributed by atoms with Crippen molar-refractivity contribution in [1.29, 1.82) is 5.26 Å². The lowest BCUT2D eigenvalue weighted by atomic mass is 10.1. The lowest BCUT2D eigenvalue weighted by Crippen LogP contribution is -1.98. The van der Waals surface area contributed by atoms with Crippen LogP contribution in [0.1, 0.15) is 44.7 Å². The van der Waals surface area contributed by atoms with Gasteiger partial charge in [-0.25, -0.2) is 0 Å². The zero-order valence-corrected chi connectivity index (χ0v) is 15.2. The van der Waals surface area contributed by atoms with Crippen molar-refractivity contribution in [2.45, 2.75) is 40.2 Å². The Labute approximate surface area is 147 Å². The minimum Gasteiger partial charge on any atom is -0.346 e. The molecular formula is C20H22N2OS. The minimum absolute atomic E-state index is 0.155. The minimum atomic E-state index is 0.155. The van der Waals surface area contributed by atoms with Crippen molar-refractivity contribution in [2.24, 2.45) is 0 Å². The van der Waals surface area contributed by atoms with Crippen molar-refractivity contribution < 1.29 is 4.79 Å². The van der Waals surface area contributed by atoms with Gasteiger partial charge in [-0.2, -0.15) is 5.26 Å². The summed E-state index contributed by atoms with van der Waals surface area (Å²) in [6.07, 6.45) is 5.12. The molecule has 1 aromatic carbocycles. The molecule has 0 aliphatic carbocycles. The van der Waals surface area contributed by atoms with E-state index in [0.717, 1.165) is 39.2 Å². The fourth-order valence-corrected chi connectivity index (χ4v) is 3.48. The predicted octanol–water partition coefficient (Wildman–Crippen LogP) is 5.51. The summed E-state index contributed by atoms with van der Waals surface area (Å²) in [5.74, 6) is 0.155. The summed E-state index contributed by atoms with van der Waals surface area (Å²) in [4.78, 5) is 13.7. The number of nitriles is 1. The van der Waals surface area contributed by atoms with Gasteiger partial charge in [-0.1, -0.05) is 37.4 Å². The third kappa shape index (κ3) is 3.63. The van der Waals surface area contributed by atoms with Gasteiger partial charge in [0.15, 0.2) is 5.78 Å². The average Bonchev–Trinajstić information content (AvgIpc) is 2.96. The second-order valence-corrected chi connectivity index (χ2v) is 6.66. The second-order valence-electron chi connectivity index (χ2n) is 5.52. The molecule has 0 amide bonds. The van der Waals surface area contributed by atoms with Gasteiger partial charge in [0.25, 0.3) is 0 Å². The average molecular weight is 338 g/mol. The van der Waals surface area contributed by atoms with Crippen molar-refractivity contribution >= 4 is 33.4 Å². The van der Waals surface area contributed by atoms with Crippen LogP contribution in [0.2, 0.25) is 0 Å². The molecule has 0 atom stereocenters. The maximum atomic E-state index is 12.1. The quantitative estimate of drug-likeness (QED) is 0.625. The number of aryl methyl sites for hydroxylation is 1. The first kappa shape index (κ1) is 18.1. The molecule has 1 aromatic heterocycles. The molecule has 0 aliphatic rings. The fraction of sp³-hybridized carbons (Fsp3) is 0.300. The number of carbonyl (C=O) groups excluding carboxylic acids is 1. The van der Waals surface area contributed by atoms with E-state index in [1.165, 1.54) is 11.8 Å². The molecular weight excluding hydrogens is 316 g/mol. The van der Waals surface area contributed by atoms with Gasteiger partial charge in [0.2, 0.25) is 0 Å². The van der Waals surface area contributed by atoms with Crippen molar-refractivity contribution in [2.75, 3.05) is 0 Å². The molecule has 0 fully saturated rings. The van der Waals surface area contributed by atoms with Crippen LogP contribution in [-0.4, -0.2) is 10.4 Å². The summed E-state index contributed by atoms with van der Waals surface area (Å²) in [6, 6.07) is 8.27. The topological polar surface area (TPSA) is 45.8 Å². The third-order valence-corrected chi connectivity index (χ3v) is 5.08. The second kappa shape index (κ2) is 8.03. The first-order valence-electron chi connectivity index (χ1n) is 8.15. The molecule has 0 unspecified atom stereocenters. The van der Waals surface area contributed by atoms with Crippen molar-refractivity contribution in [3.05, 3.63) is 53.1 Å². The molecule has 1 heterocycles. The zero-order valence-electron chi connectivity index (χ0n) is 14.4. The van der Waals surface area contributed by atoms with Crippen LogP contribution in [0.25, 0.3) is 15.8 Å². The molecule has 0 aliphatic heterocycles. The van der Waals surface area contributed by atoms with Crippen LogP contribution in [0.3, 0.4) is 0 Å². The first-order valence-corrected chi connectivity index (χ1v) is 8.96. The SMILES string of the molecule is C=C(S/C(=C\C)C(=O)CCC)c1ccc2c(c1)c(C#N)cn2CC. The number of thioether (sulfide) groups is 1. The standard InChI is InChI=1S/C20H22N2OS/c1-5-8-19(23)20(6-2)24-14(4)15-9-10-18-17(11-15)16(12-21)13-22(18)7-3/h6,9-11,13H,4-5,7-8H2,1-3H3/b20-6-. The molecule has 4 heteroatoms. The van der Waals surface area contributed by atoms with Crippen LogP contribution in [-0.2, 0) is 11.3 Å². The molecule has 0 saturated heterocycles. The van der Waals surface area contributed by atoms with Crippen LogP contribution in [0.5, 0.6) is 0 Å². The van der Waals surface area contributed by atoms with E-state index in [4.69, 9.17) is 0 Å². The van der Waals surface area contributed by atoms with Crippen LogP contribution < -0.4 is 0 Å². The summed E-state index contributed by atoms with van der Waals surface area (Å²) in [5.41, 5.74) is 2.66. The summed E-state index contributed by atoms with van der Waals surface area (Å²) >= 11 is 1.41. The van der Waals surface area contributed by atoms with Gasteiger partial charge >= 0.3 is 0 Å². The lowest BCUT2D eigenvalue weighted by molar-refractivity contribution is -0.114. The molecule has 0 radical (unpaired) electrons. The Bertz CT molecular complexity index is 852. The molecule has 0 N–H and O–H groups in total. The van der Waals surface area contributed by atoms with Crippen molar-refractivity contribution in [1.82, 2.24) is 4.57 Å². The molecule has 24 heavy (non-hydrogen) atoms. The van der Waals surface area contributed by atoms with E-state index in [-0.39, 0.29) is 5.78 Å². The zero-order chi connectivity index (χ0) is 17.7. The highest BCUT2D eigenvalue weighted by Crippen LogP contribution is 2.35.